The van der Waals surface area contributed by atoms with Gasteiger partial charge in [0, 0.05) is 24.2 Å². The summed E-state index contributed by atoms with van der Waals surface area (Å²) in [5.41, 5.74) is 1.64. The van der Waals surface area contributed by atoms with E-state index in [-0.39, 0.29) is 48.3 Å². The van der Waals surface area contributed by atoms with E-state index in [9.17, 15) is 19.8 Å². The molecule has 4 aliphatic heterocycles. The smallest absolute Gasteiger partial charge is 0.394 e. The highest BCUT2D eigenvalue weighted by Gasteiger charge is 2.41. The van der Waals surface area contributed by atoms with Crippen molar-refractivity contribution >= 4 is 22.3 Å². The summed E-state index contributed by atoms with van der Waals surface area (Å²) in [4.78, 5) is 29.6. The molecule has 4 bridgehead atoms. The van der Waals surface area contributed by atoms with Crippen LogP contribution in [-0.4, -0.2) is 124 Å². The first-order valence-corrected chi connectivity index (χ1v) is 17.6. The number of carbonyl (C=O) groups excluding carboxylic acids is 2. The monoisotopic (exact) mass is 712 g/mol. The zero-order chi connectivity index (χ0) is 34.1. The highest BCUT2D eigenvalue weighted by atomic mass is 32.3. The van der Waals surface area contributed by atoms with E-state index >= 15 is 0 Å². The van der Waals surface area contributed by atoms with Gasteiger partial charge in [0.05, 0.1) is 13.2 Å². The van der Waals surface area contributed by atoms with Crippen LogP contribution >= 0.6 is 0 Å². The van der Waals surface area contributed by atoms with Crippen molar-refractivity contribution in [2.45, 2.75) is 99.6 Å². The van der Waals surface area contributed by atoms with E-state index in [0.717, 1.165) is 36.8 Å². The zero-order valence-electron chi connectivity index (χ0n) is 28.0. The maximum atomic E-state index is 12.4. The van der Waals surface area contributed by atoms with Gasteiger partial charge in [-0.3, -0.25) is 18.7 Å². The minimum absolute atomic E-state index is 0. The van der Waals surface area contributed by atoms with E-state index in [1.165, 1.54) is 25.7 Å². The van der Waals surface area contributed by atoms with Crippen molar-refractivity contribution in [3.63, 3.8) is 0 Å². The summed E-state index contributed by atoms with van der Waals surface area (Å²) in [7, 11) is -0.332. The Morgan fingerprint density at radius 2 is 0.918 bits per heavy atom. The van der Waals surface area contributed by atoms with Crippen LogP contribution in [-0.2, 0) is 29.5 Å². The van der Waals surface area contributed by atoms with Crippen LogP contribution in [0.25, 0.3) is 0 Å². The number of benzene rings is 2. The molecule has 6 unspecified atom stereocenters. The van der Waals surface area contributed by atoms with Gasteiger partial charge in [0.2, 0.25) is 0 Å². The molecular weight excluding hydrogens is 660 g/mol. The number of rotatable bonds is 8. The number of aliphatic hydroxyl groups is 2. The molecule has 0 saturated carbocycles. The third kappa shape index (κ3) is 12.1. The second kappa shape index (κ2) is 19.4. The normalized spacial score (nSPS) is 27.0. The van der Waals surface area contributed by atoms with Crippen LogP contribution in [0.4, 0.5) is 0 Å². The first kappa shape index (κ1) is 42.2. The third-order valence-corrected chi connectivity index (χ3v) is 10.0. The predicted molar refractivity (Wildman–Crippen MR) is 181 cm³/mol. The fourth-order valence-corrected chi connectivity index (χ4v) is 7.41. The van der Waals surface area contributed by atoms with Crippen molar-refractivity contribution in [2.24, 2.45) is 0 Å². The van der Waals surface area contributed by atoms with Gasteiger partial charge in [0.15, 0.2) is 0 Å². The molecular formula is C34H52N2O12S. The minimum Gasteiger partial charge on any atom is -0.462 e. The minimum atomic E-state index is -4.67. The van der Waals surface area contributed by atoms with Crippen LogP contribution in [0.5, 0.6) is 0 Å². The number of piperidine rings is 2. The maximum absolute atomic E-state index is 12.4. The lowest BCUT2D eigenvalue weighted by atomic mass is 9.98. The Hall–Kier alpha value is -2.99. The van der Waals surface area contributed by atoms with E-state index in [2.05, 4.69) is 23.9 Å². The molecule has 49 heavy (non-hydrogen) atoms. The van der Waals surface area contributed by atoms with Crippen molar-refractivity contribution in [2.75, 3.05) is 27.3 Å². The number of aliphatic hydroxyl groups excluding tert-OH is 2. The Morgan fingerprint density at radius 1 is 0.653 bits per heavy atom. The standard InChI is InChI=1S/2C17H23NO3.H2O4S.2H2O/c2*1-18-13-7-8-14(18)10-15(9-13)21-17(20)16(11-19)12-5-3-2-4-6-12;1-5(2,3)4;;/h2*2-6,13-16,19H,7-11H2,1H3;(H2,1,2,3,4);2*1H2. The number of hydrogen-bond donors (Lipinski definition) is 4. The molecule has 0 aromatic heterocycles. The zero-order valence-corrected chi connectivity index (χ0v) is 28.8. The number of ether oxygens (including phenoxy) is 2. The largest absolute Gasteiger partial charge is 0.462 e. The quantitative estimate of drug-likeness (QED) is 0.225. The molecule has 4 saturated heterocycles. The first-order chi connectivity index (χ1) is 22.4. The van der Waals surface area contributed by atoms with Crippen molar-refractivity contribution in [3.8, 4) is 0 Å². The van der Waals surface area contributed by atoms with Gasteiger partial charge >= 0.3 is 22.3 Å². The first-order valence-electron chi connectivity index (χ1n) is 16.2. The SMILES string of the molecule is CN1C2CCC1CC(OC(=O)C(CO)c1ccccc1)C2.CN1C2CCC1CC(OC(=O)C(CO)c1ccccc1)C2.O.O.O=S(=O)(O)O. The van der Waals surface area contributed by atoms with Gasteiger partial charge in [-0.1, -0.05) is 60.7 Å². The number of esters is 2. The van der Waals surface area contributed by atoms with Gasteiger partial charge in [-0.15, -0.1) is 0 Å². The molecule has 4 heterocycles. The Balaban J connectivity index is 0.000000289. The van der Waals surface area contributed by atoms with Crippen LogP contribution in [0.1, 0.15) is 74.3 Å². The van der Waals surface area contributed by atoms with Crippen molar-refractivity contribution in [3.05, 3.63) is 71.8 Å². The van der Waals surface area contributed by atoms with Crippen molar-refractivity contribution < 1.29 is 57.8 Å². The predicted octanol–water partition coefficient (Wildman–Crippen LogP) is 1.56. The molecule has 0 aliphatic carbocycles. The molecule has 0 radical (unpaired) electrons. The maximum Gasteiger partial charge on any atom is 0.394 e. The van der Waals surface area contributed by atoms with Crippen LogP contribution in [0, 0.1) is 0 Å². The van der Waals surface area contributed by atoms with Crippen molar-refractivity contribution in [1.29, 1.82) is 0 Å². The van der Waals surface area contributed by atoms with Crippen LogP contribution in [0.3, 0.4) is 0 Å². The summed E-state index contributed by atoms with van der Waals surface area (Å²) in [6.45, 7) is -0.412. The molecule has 276 valence electrons. The van der Waals surface area contributed by atoms with E-state index in [1.54, 1.807) is 0 Å². The fraction of sp³-hybridized carbons (Fsp3) is 0.588. The summed E-state index contributed by atoms with van der Waals surface area (Å²) in [6, 6.07) is 20.9. The molecule has 2 aromatic carbocycles. The van der Waals surface area contributed by atoms with Crippen LogP contribution in [0.2, 0.25) is 0 Å². The number of hydrogen-bond acceptors (Lipinski definition) is 10. The molecule has 2 aromatic rings. The average Bonchev–Trinajstić information content (AvgIpc) is 3.34. The molecule has 0 amide bonds. The van der Waals surface area contributed by atoms with E-state index in [0.29, 0.717) is 24.2 Å². The van der Waals surface area contributed by atoms with E-state index < -0.39 is 22.2 Å². The fourth-order valence-electron chi connectivity index (χ4n) is 7.41. The van der Waals surface area contributed by atoms with Crippen LogP contribution in [0.15, 0.2) is 60.7 Å². The molecule has 14 nitrogen and oxygen atoms in total. The second-order valence-corrected chi connectivity index (χ2v) is 13.8. The molecule has 0 spiro atoms. The third-order valence-electron chi connectivity index (χ3n) is 10.0. The summed E-state index contributed by atoms with van der Waals surface area (Å²) in [6.07, 6.45) is 8.52. The lowest BCUT2D eigenvalue weighted by Gasteiger charge is -2.36. The topological polar surface area (TPSA) is 237 Å². The average molecular weight is 713 g/mol. The summed E-state index contributed by atoms with van der Waals surface area (Å²) < 4.78 is 43.0. The highest BCUT2D eigenvalue weighted by molar-refractivity contribution is 7.79. The second-order valence-electron chi connectivity index (χ2n) is 12.9. The Bertz CT molecular complexity index is 1270. The number of carbonyl (C=O) groups is 2. The summed E-state index contributed by atoms with van der Waals surface area (Å²) in [5, 5.41) is 19.1. The molecule has 6 rings (SSSR count). The molecule has 8 N–H and O–H groups in total. The van der Waals surface area contributed by atoms with Crippen molar-refractivity contribution in [1.82, 2.24) is 9.80 Å². The van der Waals surface area contributed by atoms with E-state index in [1.807, 2.05) is 60.7 Å². The number of fused-ring (bicyclic) bond motifs is 4. The Labute approximate surface area is 288 Å². The Kier molecular flexibility index (Phi) is 16.7. The lowest BCUT2D eigenvalue weighted by molar-refractivity contribution is -0.156. The van der Waals surface area contributed by atoms with Gasteiger partial charge in [-0.25, -0.2) is 0 Å². The molecule has 15 heteroatoms. The number of nitrogens with zero attached hydrogens (tertiary/aromatic N) is 2. The van der Waals surface area contributed by atoms with E-state index in [4.69, 9.17) is 27.0 Å². The molecule has 4 fully saturated rings. The van der Waals surface area contributed by atoms with Gasteiger partial charge in [0.1, 0.15) is 24.0 Å². The summed E-state index contributed by atoms with van der Waals surface area (Å²) in [5.74, 6) is -1.72. The van der Waals surface area contributed by atoms with Gasteiger partial charge in [-0.2, -0.15) is 8.42 Å². The molecule has 6 atom stereocenters. The lowest BCUT2D eigenvalue weighted by Crippen LogP contribution is -2.43. The summed E-state index contributed by atoms with van der Waals surface area (Å²) >= 11 is 0. The molecule has 4 aliphatic rings. The van der Waals surface area contributed by atoms with Gasteiger partial charge < -0.3 is 40.4 Å². The highest BCUT2D eigenvalue weighted by Crippen LogP contribution is 2.37. The van der Waals surface area contributed by atoms with Crippen LogP contribution < -0.4 is 0 Å². The van der Waals surface area contributed by atoms with Gasteiger partial charge in [0.25, 0.3) is 0 Å². The van der Waals surface area contributed by atoms with Gasteiger partial charge in [-0.05, 0) is 76.6 Å². The Morgan fingerprint density at radius 3 is 1.16 bits per heavy atom.